The number of hydrogen-bond donors (Lipinski definition) is 2. The molecule has 8 heteroatoms. The maximum Gasteiger partial charge on any atom is 0.331 e. The van der Waals surface area contributed by atoms with Gasteiger partial charge in [-0.3, -0.25) is 9.59 Å². The first-order valence-corrected chi connectivity index (χ1v) is 12.9. The lowest BCUT2D eigenvalue weighted by atomic mass is 9.77. The Morgan fingerprint density at radius 3 is 1.56 bits per heavy atom. The highest BCUT2D eigenvalue weighted by molar-refractivity contribution is 6.04. The average Bonchev–Trinajstić information content (AvgIpc) is 2.88. The van der Waals surface area contributed by atoms with E-state index in [1.807, 2.05) is 0 Å². The number of benzene rings is 1. The van der Waals surface area contributed by atoms with Gasteiger partial charge in [-0.15, -0.1) is 0 Å². The molecule has 1 aromatic carbocycles. The highest BCUT2D eigenvalue weighted by Gasteiger charge is 2.47. The third kappa shape index (κ3) is 8.81. The predicted molar refractivity (Wildman–Crippen MR) is 133 cm³/mol. The first kappa shape index (κ1) is 29.1. The summed E-state index contributed by atoms with van der Waals surface area (Å²) in [6.07, 6.45) is 13.7. The first-order chi connectivity index (χ1) is 17.3. The summed E-state index contributed by atoms with van der Waals surface area (Å²) in [7, 11) is 0. The van der Waals surface area contributed by atoms with Crippen LogP contribution in [0.5, 0.6) is 0 Å². The predicted octanol–water partition coefficient (Wildman–Crippen LogP) is 5.19. The zero-order chi connectivity index (χ0) is 26.4. The number of rotatable bonds is 9. The number of carbonyl (C=O) groups excluding carboxylic acids is 2. The molecule has 0 amide bonds. The topological polar surface area (TPSA) is 127 Å². The van der Waals surface area contributed by atoms with Gasteiger partial charge in [0.25, 0.3) is 0 Å². The molecule has 0 aliphatic heterocycles. The lowest BCUT2D eigenvalue weighted by molar-refractivity contribution is -0.158. The normalized spacial score (nSPS) is 17.0. The summed E-state index contributed by atoms with van der Waals surface area (Å²) < 4.78 is 10.6. The van der Waals surface area contributed by atoms with Crippen LogP contribution in [0.4, 0.5) is 0 Å². The standard InChI is InChI=1S/C16H24O4.C12H14O4/c17-15(19-13-7-3-1-4-8-13)11-12-16(18)20-14-9-5-2-6-10-14;1-2-8-12(10(13)14,11(15)16)9-6-4-3-5-7-9/h11-14H,1-10H2;3-7H,2,8H2,1H3,(H,13,14)(H,15,16)/b12-11-;. The number of carboxylic acids is 2. The van der Waals surface area contributed by atoms with Crippen molar-refractivity contribution in [3.8, 4) is 0 Å². The number of esters is 2. The fourth-order valence-corrected chi connectivity index (χ4v) is 4.70. The van der Waals surface area contributed by atoms with Crippen molar-refractivity contribution in [2.45, 2.75) is 102 Å². The monoisotopic (exact) mass is 502 g/mol. The lowest BCUT2D eigenvalue weighted by Gasteiger charge is -2.24. The van der Waals surface area contributed by atoms with Crippen molar-refractivity contribution in [3.05, 3.63) is 48.0 Å². The van der Waals surface area contributed by atoms with E-state index in [2.05, 4.69) is 0 Å². The Bertz CT molecular complexity index is 832. The zero-order valence-electron chi connectivity index (χ0n) is 21.0. The molecule has 0 atom stereocenters. The number of ether oxygens (including phenoxy) is 2. The van der Waals surface area contributed by atoms with Gasteiger partial charge in [-0.2, -0.15) is 0 Å². The maximum atomic E-state index is 11.6. The van der Waals surface area contributed by atoms with Gasteiger partial charge in [0.05, 0.1) is 0 Å². The number of aliphatic carboxylic acids is 2. The van der Waals surface area contributed by atoms with Crippen LogP contribution >= 0.6 is 0 Å². The maximum absolute atomic E-state index is 11.6. The summed E-state index contributed by atoms with van der Waals surface area (Å²) in [6.45, 7) is 1.77. The van der Waals surface area contributed by atoms with E-state index >= 15 is 0 Å². The summed E-state index contributed by atoms with van der Waals surface area (Å²) >= 11 is 0. The smallest absolute Gasteiger partial charge is 0.331 e. The van der Waals surface area contributed by atoms with Gasteiger partial charge in [0.2, 0.25) is 0 Å². The van der Waals surface area contributed by atoms with Gasteiger partial charge in [-0.25, -0.2) is 9.59 Å². The molecule has 2 fully saturated rings. The third-order valence-electron chi connectivity index (χ3n) is 6.65. The molecule has 3 rings (SSSR count). The number of hydrogen-bond acceptors (Lipinski definition) is 6. The molecule has 0 bridgehead atoms. The van der Waals surface area contributed by atoms with Crippen molar-refractivity contribution in [1.82, 2.24) is 0 Å². The molecular weight excluding hydrogens is 464 g/mol. The molecule has 1 aromatic rings. The largest absolute Gasteiger partial charge is 0.480 e. The Kier molecular flexibility index (Phi) is 12.2. The first-order valence-electron chi connectivity index (χ1n) is 12.9. The molecule has 2 aliphatic carbocycles. The van der Waals surface area contributed by atoms with Crippen LogP contribution in [0.25, 0.3) is 0 Å². The van der Waals surface area contributed by atoms with Gasteiger partial charge in [-0.1, -0.05) is 56.5 Å². The summed E-state index contributed by atoms with van der Waals surface area (Å²) in [5, 5.41) is 18.4. The number of carbonyl (C=O) groups is 4. The fourth-order valence-electron chi connectivity index (χ4n) is 4.70. The van der Waals surface area contributed by atoms with Gasteiger partial charge in [0.1, 0.15) is 12.2 Å². The summed E-state index contributed by atoms with van der Waals surface area (Å²) in [6, 6.07) is 8.09. The van der Waals surface area contributed by atoms with Gasteiger partial charge in [0, 0.05) is 12.2 Å². The van der Waals surface area contributed by atoms with E-state index in [0.717, 1.165) is 51.4 Å². The van der Waals surface area contributed by atoms with Crippen LogP contribution in [-0.2, 0) is 34.1 Å². The second-order valence-corrected chi connectivity index (χ2v) is 9.36. The van der Waals surface area contributed by atoms with Crippen molar-refractivity contribution in [1.29, 1.82) is 0 Å². The van der Waals surface area contributed by atoms with E-state index in [-0.39, 0.29) is 18.6 Å². The Morgan fingerprint density at radius 2 is 1.19 bits per heavy atom. The molecule has 2 aliphatic rings. The highest BCUT2D eigenvalue weighted by atomic mass is 16.5. The summed E-state index contributed by atoms with van der Waals surface area (Å²) in [5.74, 6) is -3.49. The summed E-state index contributed by atoms with van der Waals surface area (Å²) in [5.41, 5.74) is -1.51. The molecule has 0 saturated heterocycles. The molecular formula is C28H38O8. The molecule has 198 valence electrons. The van der Waals surface area contributed by atoms with Gasteiger partial charge < -0.3 is 19.7 Å². The Hall–Kier alpha value is -3.16. The molecule has 0 unspecified atom stereocenters. The fraction of sp³-hybridized carbons (Fsp3) is 0.571. The Morgan fingerprint density at radius 1 is 0.778 bits per heavy atom. The summed E-state index contributed by atoms with van der Waals surface area (Å²) in [4.78, 5) is 45.7. The molecule has 0 aromatic heterocycles. The van der Waals surface area contributed by atoms with E-state index in [1.165, 1.54) is 37.1 Å². The van der Waals surface area contributed by atoms with Gasteiger partial charge in [0.15, 0.2) is 5.41 Å². The van der Waals surface area contributed by atoms with Crippen molar-refractivity contribution in [2.24, 2.45) is 0 Å². The molecule has 36 heavy (non-hydrogen) atoms. The zero-order valence-corrected chi connectivity index (χ0v) is 21.0. The van der Waals surface area contributed by atoms with Crippen molar-refractivity contribution < 1.29 is 38.9 Å². The van der Waals surface area contributed by atoms with Crippen LogP contribution in [-0.4, -0.2) is 46.3 Å². The van der Waals surface area contributed by atoms with Gasteiger partial charge >= 0.3 is 23.9 Å². The van der Waals surface area contributed by atoms with Gasteiger partial charge in [-0.05, 0) is 63.4 Å². The van der Waals surface area contributed by atoms with Crippen LogP contribution in [0.3, 0.4) is 0 Å². The van der Waals surface area contributed by atoms with Crippen LogP contribution in [0, 0.1) is 0 Å². The minimum atomic E-state index is -1.82. The van der Waals surface area contributed by atoms with E-state index in [0.29, 0.717) is 12.0 Å². The second kappa shape index (κ2) is 15.1. The van der Waals surface area contributed by atoms with E-state index in [1.54, 1.807) is 25.1 Å². The Balaban J connectivity index is 0.000000261. The van der Waals surface area contributed by atoms with Crippen molar-refractivity contribution in [3.63, 3.8) is 0 Å². The molecule has 0 radical (unpaired) electrons. The van der Waals surface area contributed by atoms with Crippen LogP contribution in [0.2, 0.25) is 0 Å². The van der Waals surface area contributed by atoms with Crippen LogP contribution < -0.4 is 0 Å². The number of carboxylic acid groups (broad SMARTS) is 2. The molecule has 2 saturated carbocycles. The Labute approximate surface area is 212 Å². The van der Waals surface area contributed by atoms with E-state index in [9.17, 15) is 29.4 Å². The average molecular weight is 503 g/mol. The minimum absolute atomic E-state index is 0.0234. The van der Waals surface area contributed by atoms with E-state index in [4.69, 9.17) is 9.47 Å². The molecule has 8 nitrogen and oxygen atoms in total. The third-order valence-corrected chi connectivity index (χ3v) is 6.65. The quantitative estimate of drug-likeness (QED) is 0.268. The second-order valence-electron chi connectivity index (χ2n) is 9.36. The molecule has 0 heterocycles. The lowest BCUT2D eigenvalue weighted by Crippen LogP contribution is -2.43. The van der Waals surface area contributed by atoms with E-state index < -0.39 is 29.3 Å². The van der Waals surface area contributed by atoms with Crippen molar-refractivity contribution >= 4 is 23.9 Å². The SMILES string of the molecule is CCCC(C(=O)O)(C(=O)O)c1ccccc1.O=C(/C=C\C(=O)OC1CCCCC1)OC1CCCCC1. The minimum Gasteiger partial charge on any atom is -0.480 e. The van der Waals surface area contributed by atoms with Crippen molar-refractivity contribution in [2.75, 3.05) is 0 Å². The molecule has 0 spiro atoms. The van der Waals surface area contributed by atoms with Crippen LogP contribution in [0.1, 0.15) is 89.5 Å². The highest BCUT2D eigenvalue weighted by Crippen LogP contribution is 2.30. The molecule has 2 N–H and O–H groups in total. The van der Waals surface area contributed by atoms with Crippen LogP contribution in [0.15, 0.2) is 42.5 Å².